The molecule has 28 heavy (non-hydrogen) atoms. The van der Waals surface area contributed by atoms with Crippen molar-refractivity contribution in [2.45, 2.75) is 28.4 Å². The van der Waals surface area contributed by atoms with E-state index < -0.39 is 45.3 Å². The lowest BCUT2D eigenvalue weighted by Gasteiger charge is -2.42. The molecule has 0 bridgehead atoms. The molecule has 150 valence electrons. The predicted octanol–water partition coefficient (Wildman–Crippen LogP) is 3.84. The number of hydrogen-bond acceptors (Lipinski definition) is 4. The third kappa shape index (κ3) is 2.78. The highest BCUT2D eigenvalue weighted by atomic mass is 35.5. The van der Waals surface area contributed by atoms with E-state index in [4.69, 9.17) is 23.2 Å². The van der Waals surface area contributed by atoms with E-state index in [1.807, 2.05) is 0 Å². The summed E-state index contributed by atoms with van der Waals surface area (Å²) in [6.07, 6.45) is -2.19. The van der Waals surface area contributed by atoms with Crippen molar-refractivity contribution in [2.75, 3.05) is 7.05 Å². The van der Waals surface area contributed by atoms with Crippen molar-refractivity contribution in [1.29, 1.82) is 0 Å². The van der Waals surface area contributed by atoms with Crippen LogP contribution in [0.3, 0.4) is 0 Å². The molecule has 0 spiro atoms. The Bertz CT molecular complexity index is 917. The molecule has 0 unspecified atom stereocenters. The first-order valence-electron chi connectivity index (χ1n) is 7.98. The summed E-state index contributed by atoms with van der Waals surface area (Å²) in [5.74, 6) is -3.87. The van der Waals surface area contributed by atoms with Gasteiger partial charge in [0.2, 0.25) is 0 Å². The Morgan fingerprint density at radius 2 is 1.96 bits per heavy atom. The van der Waals surface area contributed by atoms with Crippen molar-refractivity contribution in [1.82, 2.24) is 4.90 Å². The highest BCUT2D eigenvalue weighted by Crippen LogP contribution is 2.60. The van der Waals surface area contributed by atoms with Crippen LogP contribution in [0.5, 0.6) is 11.5 Å². The summed E-state index contributed by atoms with van der Waals surface area (Å²) < 4.78 is 41.7. The van der Waals surface area contributed by atoms with Gasteiger partial charge in [0.1, 0.15) is 11.5 Å². The third-order valence-corrected chi connectivity index (χ3v) is 6.38. The summed E-state index contributed by atoms with van der Waals surface area (Å²) >= 11 is 13.2. The highest BCUT2D eigenvalue weighted by molar-refractivity contribution is 6.53. The number of rotatable bonds is 3. The van der Waals surface area contributed by atoms with Crippen LogP contribution < -0.4 is 4.74 Å². The molecule has 1 aliphatic heterocycles. The number of aromatic hydroxyl groups is 1. The summed E-state index contributed by atoms with van der Waals surface area (Å²) in [4.78, 5) is 22.3. The Hall–Kier alpha value is -2.19. The zero-order valence-corrected chi connectivity index (χ0v) is 15.9. The average Bonchev–Trinajstić information content (AvgIpc) is 2.74. The minimum absolute atomic E-state index is 0.0929. The lowest BCUT2D eigenvalue weighted by Crippen LogP contribution is -2.54. The first-order valence-corrected chi connectivity index (χ1v) is 8.74. The molecule has 0 aromatic heterocycles. The third-order valence-electron chi connectivity index (χ3n) is 4.97. The van der Waals surface area contributed by atoms with Gasteiger partial charge in [0.15, 0.2) is 9.75 Å². The van der Waals surface area contributed by atoms with E-state index in [2.05, 4.69) is 11.3 Å². The second kappa shape index (κ2) is 6.42. The number of phenolic OH excluding ortho intramolecular Hbond substituents is 1. The Balaban J connectivity index is 2.24. The molecular weight excluding hydrogens is 422 g/mol. The van der Waals surface area contributed by atoms with E-state index in [-0.39, 0.29) is 12.0 Å². The topological polar surface area (TPSA) is 66.8 Å². The first-order chi connectivity index (χ1) is 12.9. The molecule has 3 atom stereocenters. The van der Waals surface area contributed by atoms with Crippen LogP contribution in [0.4, 0.5) is 13.2 Å². The number of benzene rings is 1. The molecule has 1 fully saturated rings. The molecule has 3 rings (SSSR count). The van der Waals surface area contributed by atoms with Crippen LogP contribution in [0.25, 0.3) is 0 Å². The molecular formula is C18H14Cl2F3NO4. The number of fused-ring (bicyclic) bond motifs is 1. The maximum absolute atomic E-state index is 12.9. The van der Waals surface area contributed by atoms with Crippen molar-refractivity contribution in [3.05, 3.63) is 48.1 Å². The van der Waals surface area contributed by atoms with Crippen molar-refractivity contribution >= 4 is 35.0 Å². The number of nitrogens with zero attached hydrogens (tertiary/aromatic N) is 1. The second-order valence-corrected chi connectivity index (χ2v) is 7.74. The second-order valence-electron chi connectivity index (χ2n) is 6.50. The standard InChI is InChI=1S/C18H14Cl2F3NO4/c1-3-9-6-7-16(19)14(26)24(2)15(27)17(16,20)13(9)11-8-10(4-5-12(11)25)28-18(21,22)23/h3-6,8,13,25H,1,7H2,2H3/t13-,16-,17+/m1/s1. The number of hydrogen-bond donors (Lipinski definition) is 1. The van der Waals surface area contributed by atoms with E-state index in [9.17, 15) is 27.9 Å². The Morgan fingerprint density at radius 1 is 1.32 bits per heavy atom. The van der Waals surface area contributed by atoms with Crippen molar-refractivity contribution in [3.8, 4) is 11.5 Å². The minimum atomic E-state index is -4.97. The number of amides is 2. The number of allylic oxidation sites excluding steroid dienone is 3. The number of alkyl halides is 5. The Morgan fingerprint density at radius 3 is 2.54 bits per heavy atom. The normalized spacial score (nSPS) is 30.1. The Labute approximate surface area is 168 Å². The molecule has 2 aliphatic rings. The van der Waals surface area contributed by atoms with Gasteiger partial charge in [0.05, 0.1) is 0 Å². The quantitative estimate of drug-likeness (QED) is 0.578. The smallest absolute Gasteiger partial charge is 0.508 e. The molecule has 1 saturated heterocycles. The monoisotopic (exact) mass is 435 g/mol. The fraction of sp³-hybridized carbons (Fsp3) is 0.333. The van der Waals surface area contributed by atoms with Crippen molar-refractivity contribution in [2.24, 2.45) is 0 Å². The molecule has 1 heterocycles. The van der Waals surface area contributed by atoms with E-state index in [0.717, 1.165) is 23.1 Å². The number of likely N-dealkylation sites (tertiary alicyclic amines) is 1. The van der Waals surface area contributed by atoms with Gasteiger partial charge in [-0.3, -0.25) is 14.5 Å². The fourth-order valence-electron chi connectivity index (χ4n) is 3.68. The summed E-state index contributed by atoms with van der Waals surface area (Å²) in [5.41, 5.74) is 0.186. The molecule has 1 aromatic carbocycles. The van der Waals surface area contributed by atoms with Crippen LogP contribution in [0, 0.1) is 0 Å². The van der Waals surface area contributed by atoms with Crippen LogP contribution in [-0.2, 0) is 9.59 Å². The van der Waals surface area contributed by atoms with Gasteiger partial charge in [-0.1, -0.05) is 18.7 Å². The fourth-order valence-corrected chi connectivity index (χ4v) is 4.60. The summed E-state index contributed by atoms with van der Waals surface area (Å²) in [5, 5.41) is 10.3. The van der Waals surface area contributed by atoms with Gasteiger partial charge in [-0.2, -0.15) is 0 Å². The van der Waals surface area contributed by atoms with Gasteiger partial charge in [-0.15, -0.1) is 36.4 Å². The summed E-state index contributed by atoms with van der Waals surface area (Å²) in [6, 6.07) is 2.80. The van der Waals surface area contributed by atoms with Crippen LogP contribution in [0.2, 0.25) is 0 Å². The zero-order chi connectivity index (χ0) is 21.1. The molecule has 5 nitrogen and oxygen atoms in total. The molecule has 10 heteroatoms. The molecule has 1 aliphatic carbocycles. The largest absolute Gasteiger partial charge is 0.573 e. The number of halogens is 5. The maximum atomic E-state index is 12.9. The van der Waals surface area contributed by atoms with Crippen LogP contribution in [0.15, 0.2) is 42.5 Å². The van der Waals surface area contributed by atoms with Crippen LogP contribution in [0.1, 0.15) is 17.9 Å². The van der Waals surface area contributed by atoms with Gasteiger partial charge in [-0.25, -0.2) is 0 Å². The summed E-state index contributed by atoms with van der Waals surface area (Å²) in [6.45, 7) is 3.63. The van der Waals surface area contributed by atoms with E-state index in [0.29, 0.717) is 5.57 Å². The number of ether oxygens (including phenoxy) is 1. The van der Waals surface area contributed by atoms with Crippen molar-refractivity contribution < 1.29 is 32.6 Å². The van der Waals surface area contributed by atoms with Crippen LogP contribution in [-0.4, -0.2) is 45.0 Å². The first kappa shape index (κ1) is 20.5. The van der Waals surface area contributed by atoms with E-state index in [1.54, 1.807) is 0 Å². The Kier molecular flexibility index (Phi) is 4.71. The molecule has 1 N–H and O–H groups in total. The van der Waals surface area contributed by atoms with Gasteiger partial charge in [-0.05, 0) is 30.2 Å². The zero-order valence-electron chi connectivity index (χ0n) is 14.4. The highest BCUT2D eigenvalue weighted by Gasteiger charge is 2.72. The average molecular weight is 436 g/mol. The molecule has 0 radical (unpaired) electrons. The molecule has 1 aromatic rings. The van der Waals surface area contributed by atoms with Gasteiger partial charge < -0.3 is 9.84 Å². The summed E-state index contributed by atoms with van der Waals surface area (Å²) in [7, 11) is 1.21. The molecule has 0 saturated carbocycles. The number of carbonyl (C=O) groups excluding carboxylic acids is 2. The minimum Gasteiger partial charge on any atom is -0.508 e. The van der Waals surface area contributed by atoms with Crippen molar-refractivity contribution in [3.63, 3.8) is 0 Å². The SMILES string of the molecule is C=CC1=CC[C@@]2(Cl)C(=O)N(C)C(=O)[C@@]2(Cl)[C@H]1c1cc(OC(F)(F)F)ccc1O. The lowest BCUT2D eigenvalue weighted by molar-refractivity contribution is -0.274. The lowest BCUT2D eigenvalue weighted by atomic mass is 9.68. The van der Waals surface area contributed by atoms with Gasteiger partial charge >= 0.3 is 6.36 Å². The number of imide groups is 1. The van der Waals surface area contributed by atoms with Gasteiger partial charge in [0.25, 0.3) is 11.8 Å². The van der Waals surface area contributed by atoms with Crippen LogP contribution >= 0.6 is 23.2 Å². The number of phenols is 1. The van der Waals surface area contributed by atoms with Gasteiger partial charge in [0, 0.05) is 18.5 Å². The molecule has 2 amide bonds. The maximum Gasteiger partial charge on any atom is 0.573 e. The van der Waals surface area contributed by atoms with E-state index in [1.165, 1.54) is 19.2 Å². The number of carbonyl (C=O) groups is 2. The predicted molar refractivity (Wildman–Crippen MR) is 95.4 cm³/mol. The van der Waals surface area contributed by atoms with E-state index >= 15 is 0 Å².